The number of hydrogen-bond acceptors (Lipinski definition) is 4. The van der Waals surface area contributed by atoms with E-state index in [2.05, 4.69) is 41.1 Å². The summed E-state index contributed by atoms with van der Waals surface area (Å²) in [6.07, 6.45) is 2.98. The topological polar surface area (TPSA) is 38.8 Å². The Hall–Kier alpha value is -2.35. The quantitative estimate of drug-likeness (QED) is 0.205. The summed E-state index contributed by atoms with van der Waals surface area (Å²) in [6.45, 7) is 7.61. The molecule has 3 aromatic rings. The van der Waals surface area contributed by atoms with E-state index >= 15 is 0 Å². The van der Waals surface area contributed by atoms with E-state index in [9.17, 15) is 4.79 Å². The van der Waals surface area contributed by atoms with Gasteiger partial charge in [0.25, 0.3) is 0 Å². The van der Waals surface area contributed by atoms with Crippen molar-refractivity contribution >= 4 is 39.0 Å². The minimum atomic E-state index is -0.241. The number of halogens is 1. The number of para-hydroxylation sites is 1. The first-order chi connectivity index (χ1) is 17.5. The monoisotopic (exact) mass is 569 g/mol. The van der Waals surface area contributed by atoms with Gasteiger partial charge in [0.2, 0.25) is 0 Å². The van der Waals surface area contributed by atoms with Crippen LogP contribution < -0.4 is 9.64 Å². The van der Waals surface area contributed by atoms with Crippen LogP contribution in [0.2, 0.25) is 0 Å². The predicted octanol–water partition coefficient (Wildman–Crippen LogP) is 7.04. The number of fused-ring (bicyclic) bond motifs is 3. The Labute approximate surface area is 226 Å². The molecule has 190 valence electrons. The highest BCUT2D eigenvalue weighted by atomic mass is 79.9. The highest BCUT2D eigenvalue weighted by molar-refractivity contribution is 9.11. The molecule has 0 saturated carbocycles. The number of piperidine rings is 3. The minimum Gasteiger partial charge on any atom is -0.493 e. The number of quaternary nitrogens is 1. The number of rotatable bonds is 9. The van der Waals surface area contributed by atoms with Crippen LogP contribution in [0.3, 0.4) is 0 Å². The lowest BCUT2D eigenvalue weighted by atomic mass is 9.83. The molecule has 1 atom stereocenters. The lowest BCUT2D eigenvalue weighted by Crippen LogP contribution is -2.65. The standard InChI is InChI=1S/C29H34BrN2O3S/c1-22-7-5-8-24(19-22)31(20-26-11-12-28(30)36-26)29(33)35-27-21-32(16-13-23(27)14-17-32)15-6-18-34-25-9-3-2-4-10-25/h2-5,7-12,19,23,27H,6,13-18,20-21H2,1H3/q+1. The molecule has 5 nitrogen and oxygen atoms in total. The fourth-order valence-electron chi connectivity index (χ4n) is 5.62. The van der Waals surface area contributed by atoms with Crippen molar-refractivity contribution in [2.75, 3.05) is 37.7 Å². The van der Waals surface area contributed by atoms with Crippen LogP contribution in [0.1, 0.15) is 29.7 Å². The highest BCUT2D eigenvalue weighted by Crippen LogP contribution is 2.36. The number of thiophene rings is 1. The van der Waals surface area contributed by atoms with Gasteiger partial charge in [0.15, 0.2) is 6.10 Å². The molecule has 1 unspecified atom stereocenters. The van der Waals surface area contributed by atoms with Gasteiger partial charge in [-0.3, -0.25) is 4.90 Å². The number of hydrogen-bond donors (Lipinski definition) is 0. The molecular weight excluding hydrogens is 536 g/mol. The molecule has 6 rings (SSSR count). The van der Waals surface area contributed by atoms with Gasteiger partial charge in [-0.2, -0.15) is 0 Å². The Morgan fingerprint density at radius 2 is 1.89 bits per heavy atom. The number of anilines is 1. The normalized spacial score (nSPS) is 22.8. The molecule has 4 heterocycles. The summed E-state index contributed by atoms with van der Waals surface area (Å²) in [6, 6.07) is 22.2. The van der Waals surface area contributed by atoms with Gasteiger partial charge in [-0.05, 0) is 64.8 Å². The lowest BCUT2D eigenvalue weighted by molar-refractivity contribution is -0.946. The van der Waals surface area contributed by atoms with Crippen LogP contribution in [0.5, 0.6) is 5.75 Å². The highest BCUT2D eigenvalue weighted by Gasteiger charge is 2.47. The van der Waals surface area contributed by atoms with Crippen molar-refractivity contribution in [1.29, 1.82) is 0 Å². The van der Waals surface area contributed by atoms with E-state index < -0.39 is 0 Å². The van der Waals surface area contributed by atoms with Crippen LogP contribution in [-0.2, 0) is 11.3 Å². The fourth-order valence-corrected chi connectivity index (χ4v) is 7.09. The molecule has 0 spiro atoms. The number of nitrogens with zero attached hydrogens (tertiary/aromatic N) is 2. The number of benzene rings is 2. The van der Waals surface area contributed by atoms with Gasteiger partial charge < -0.3 is 14.0 Å². The molecule has 0 aliphatic carbocycles. The molecule has 3 fully saturated rings. The van der Waals surface area contributed by atoms with Crippen LogP contribution >= 0.6 is 27.3 Å². The van der Waals surface area contributed by atoms with Crippen molar-refractivity contribution in [2.45, 2.75) is 38.8 Å². The summed E-state index contributed by atoms with van der Waals surface area (Å²) in [4.78, 5) is 16.5. The Morgan fingerprint density at radius 3 is 2.61 bits per heavy atom. The summed E-state index contributed by atoms with van der Waals surface area (Å²) in [5.74, 6) is 1.39. The second kappa shape index (κ2) is 11.4. The molecule has 2 aromatic carbocycles. The summed E-state index contributed by atoms with van der Waals surface area (Å²) in [5.41, 5.74) is 2.01. The third-order valence-corrected chi connectivity index (χ3v) is 9.17. The smallest absolute Gasteiger partial charge is 0.415 e. The molecule has 0 radical (unpaired) electrons. The van der Waals surface area contributed by atoms with E-state index in [1.54, 1.807) is 16.2 Å². The molecule has 7 heteroatoms. The number of aryl methyl sites for hydroxylation is 1. The van der Waals surface area contributed by atoms with Crippen molar-refractivity contribution < 1.29 is 18.8 Å². The average molecular weight is 571 g/mol. The molecule has 3 aliphatic heterocycles. The third kappa shape index (κ3) is 6.13. The average Bonchev–Trinajstić information content (AvgIpc) is 3.31. The number of ether oxygens (including phenoxy) is 2. The Kier molecular flexibility index (Phi) is 7.99. The van der Waals surface area contributed by atoms with Crippen LogP contribution in [0.4, 0.5) is 10.5 Å². The van der Waals surface area contributed by atoms with Gasteiger partial charge in [-0.15, -0.1) is 11.3 Å². The van der Waals surface area contributed by atoms with Gasteiger partial charge in [-0.1, -0.05) is 30.3 Å². The van der Waals surface area contributed by atoms with Gasteiger partial charge in [0.05, 0.1) is 36.6 Å². The van der Waals surface area contributed by atoms with E-state index in [0.717, 1.165) is 69.1 Å². The minimum absolute atomic E-state index is 0.0302. The van der Waals surface area contributed by atoms with E-state index in [1.165, 1.54) is 13.1 Å². The zero-order valence-electron chi connectivity index (χ0n) is 20.8. The molecule has 36 heavy (non-hydrogen) atoms. The van der Waals surface area contributed by atoms with Crippen LogP contribution in [0, 0.1) is 12.8 Å². The summed E-state index contributed by atoms with van der Waals surface area (Å²) >= 11 is 5.20. The molecule has 1 aromatic heterocycles. The summed E-state index contributed by atoms with van der Waals surface area (Å²) in [5, 5.41) is 0. The maximum Gasteiger partial charge on any atom is 0.415 e. The van der Waals surface area contributed by atoms with Crippen LogP contribution in [0.15, 0.2) is 70.5 Å². The van der Waals surface area contributed by atoms with E-state index in [4.69, 9.17) is 9.47 Å². The number of amides is 1. The molecule has 1 amide bonds. The molecule has 2 bridgehead atoms. The lowest BCUT2D eigenvalue weighted by Gasteiger charge is -2.52. The van der Waals surface area contributed by atoms with Crippen molar-refractivity contribution in [2.24, 2.45) is 5.92 Å². The number of carbonyl (C=O) groups excluding carboxylic acids is 1. The van der Waals surface area contributed by atoms with Crippen LogP contribution in [0.25, 0.3) is 0 Å². The maximum absolute atomic E-state index is 13.6. The SMILES string of the molecule is Cc1cccc(N(Cc2ccc(Br)s2)C(=O)OC2C[N+]3(CCCOc4ccccc4)CCC2CC3)c1. The molecule has 3 aliphatic rings. The first-order valence-corrected chi connectivity index (χ1v) is 14.4. The molecule has 3 saturated heterocycles. The Morgan fingerprint density at radius 1 is 1.08 bits per heavy atom. The second-order valence-corrected chi connectivity index (χ2v) is 12.6. The van der Waals surface area contributed by atoms with Gasteiger partial charge in [-0.25, -0.2) is 4.79 Å². The zero-order valence-corrected chi connectivity index (χ0v) is 23.2. The van der Waals surface area contributed by atoms with E-state index in [1.807, 2.05) is 48.5 Å². The Balaban J connectivity index is 1.23. The van der Waals surface area contributed by atoms with Gasteiger partial charge in [0, 0.05) is 35.7 Å². The molecular formula is C29H34BrN2O3S+. The first-order valence-electron chi connectivity index (χ1n) is 12.8. The number of carbonyl (C=O) groups is 1. The predicted molar refractivity (Wildman–Crippen MR) is 149 cm³/mol. The van der Waals surface area contributed by atoms with Crippen molar-refractivity contribution in [3.63, 3.8) is 0 Å². The first kappa shape index (κ1) is 25.3. The zero-order chi connectivity index (χ0) is 25.0. The Bertz CT molecular complexity index is 1160. The van der Waals surface area contributed by atoms with Crippen molar-refractivity contribution in [1.82, 2.24) is 0 Å². The summed E-state index contributed by atoms with van der Waals surface area (Å²) < 4.78 is 14.3. The maximum atomic E-state index is 13.6. The van der Waals surface area contributed by atoms with Crippen molar-refractivity contribution in [3.8, 4) is 5.75 Å². The second-order valence-electron chi connectivity index (χ2n) is 10.1. The molecule has 0 N–H and O–H groups in total. The summed E-state index contributed by atoms with van der Waals surface area (Å²) in [7, 11) is 0. The van der Waals surface area contributed by atoms with Gasteiger partial charge >= 0.3 is 6.09 Å². The van der Waals surface area contributed by atoms with Gasteiger partial charge in [0.1, 0.15) is 12.3 Å². The third-order valence-electron chi connectivity index (χ3n) is 7.56. The van der Waals surface area contributed by atoms with E-state index in [0.29, 0.717) is 12.5 Å². The van der Waals surface area contributed by atoms with Crippen molar-refractivity contribution in [3.05, 3.63) is 81.0 Å². The van der Waals surface area contributed by atoms with Crippen LogP contribution in [-0.4, -0.2) is 49.5 Å². The van der Waals surface area contributed by atoms with E-state index in [-0.39, 0.29) is 12.2 Å². The largest absolute Gasteiger partial charge is 0.493 e. The fraction of sp³-hybridized carbons (Fsp3) is 0.414.